The first-order valence-electron chi connectivity index (χ1n) is 15.4. The first kappa shape index (κ1) is 33.7. The van der Waals surface area contributed by atoms with Crippen molar-refractivity contribution in [2.24, 2.45) is 0 Å². The number of halogens is 1. The molecule has 0 amide bonds. The van der Waals surface area contributed by atoms with Gasteiger partial charge in [-0.1, -0.05) is 142 Å². The van der Waals surface area contributed by atoms with Crippen LogP contribution in [0.2, 0.25) is 0 Å². The zero-order chi connectivity index (χ0) is 23.7. The van der Waals surface area contributed by atoms with Crippen molar-refractivity contribution in [3.8, 4) is 0 Å². The molecule has 0 unspecified atom stereocenters. The van der Waals surface area contributed by atoms with Crippen LogP contribution in [0.1, 0.15) is 168 Å². The molecule has 34 heavy (non-hydrogen) atoms. The molecular weight excluding hydrogens is 480 g/mol. The van der Waals surface area contributed by atoms with Crippen molar-refractivity contribution < 1.29 is 21.5 Å². The number of hydrogen-bond acceptors (Lipinski definition) is 0. The van der Waals surface area contributed by atoms with Crippen molar-refractivity contribution in [2.45, 2.75) is 181 Å². The van der Waals surface area contributed by atoms with E-state index in [-0.39, 0.29) is 17.0 Å². The molecule has 1 aromatic heterocycles. The highest BCUT2D eigenvalue weighted by Crippen LogP contribution is 2.13. The van der Waals surface area contributed by atoms with Crippen molar-refractivity contribution in [3.05, 3.63) is 18.7 Å². The lowest BCUT2D eigenvalue weighted by Crippen LogP contribution is -3.00. The van der Waals surface area contributed by atoms with E-state index in [1.807, 2.05) is 0 Å². The fourth-order valence-electron chi connectivity index (χ4n) is 4.97. The van der Waals surface area contributed by atoms with Gasteiger partial charge in [0, 0.05) is 0 Å². The number of imidazole rings is 1. The first-order chi connectivity index (χ1) is 16.4. The van der Waals surface area contributed by atoms with Gasteiger partial charge < -0.3 is 17.0 Å². The van der Waals surface area contributed by atoms with Gasteiger partial charge in [0.2, 0.25) is 6.33 Å². The molecule has 1 heterocycles. The van der Waals surface area contributed by atoms with Gasteiger partial charge in [-0.2, -0.15) is 0 Å². The predicted molar refractivity (Wildman–Crippen MR) is 147 cm³/mol. The molecule has 202 valence electrons. The van der Waals surface area contributed by atoms with Gasteiger partial charge in [-0.3, -0.25) is 0 Å². The van der Waals surface area contributed by atoms with Gasteiger partial charge in [0.05, 0.1) is 13.1 Å². The van der Waals surface area contributed by atoms with Crippen LogP contribution < -0.4 is 21.5 Å². The third-order valence-corrected chi connectivity index (χ3v) is 7.29. The van der Waals surface area contributed by atoms with Gasteiger partial charge in [0.25, 0.3) is 0 Å². The molecule has 0 atom stereocenters. The molecule has 0 bridgehead atoms. The van der Waals surface area contributed by atoms with Crippen LogP contribution in [0, 0.1) is 0 Å². The lowest BCUT2D eigenvalue weighted by Gasteiger charge is -2.02. The second kappa shape index (κ2) is 27.3. The van der Waals surface area contributed by atoms with E-state index in [1.54, 1.807) is 0 Å². The van der Waals surface area contributed by atoms with Gasteiger partial charge in [0.15, 0.2) is 0 Å². The number of unbranched alkanes of at least 4 members (excludes halogenated alkanes) is 22. The summed E-state index contributed by atoms with van der Waals surface area (Å²) in [6.45, 7) is 6.99. The summed E-state index contributed by atoms with van der Waals surface area (Å²) in [4.78, 5) is 0. The minimum atomic E-state index is 0. The molecule has 0 spiro atoms. The molecule has 0 aliphatic heterocycles. The summed E-state index contributed by atoms with van der Waals surface area (Å²) in [5, 5.41) is 0. The summed E-state index contributed by atoms with van der Waals surface area (Å²) in [6.07, 6.45) is 41.2. The van der Waals surface area contributed by atoms with Crippen LogP contribution in [0.4, 0.5) is 0 Å². The molecule has 0 radical (unpaired) electrons. The Kier molecular flexibility index (Phi) is 27.0. The average Bonchev–Trinajstić information content (AvgIpc) is 3.28. The van der Waals surface area contributed by atoms with E-state index in [2.05, 4.69) is 41.7 Å². The molecule has 0 N–H and O–H groups in total. The maximum Gasteiger partial charge on any atom is 0.243 e. The Morgan fingerprint density at radius 2 is 0.824 bits per heavy atom. The number of aromatic nitrogens is 2. The van der Waals surface area contributed by atoms with Gasteiger partial charge in [-0.15, -0.1) is 0 Å². The van der Waals surface area contributed by atoms with Crippen LogP contribution in [0.3, 0.4) is 0 Å². The van der Waals surface area contributed by atoms with E-state index >= 15 is 0 Å². The highest BCUT2D eigenvalue weighted by Gasteiger charge is 2.03. The Labute approximate surface area is 225 Å². The molecule has 0 aliphatic rings. The second-order valence-electron chi connectivity index (χ2n) is 10.7. The third-order valence-electron chi connectivity index (χ3n) is 7.29. The van der Waals surface area contributed by atoms with Crippen LogP contribution in [-0.2, 0) is 13.1 Å². The second-order valence-corrected chi connectivity index (χ2v) is 10.7. The number of nitrogens with zero attached hydrogens (tertiary/aromatic N) is 2. The molecule has 3 heteroatoms. The third kappa shape index (κ3) is 22.2. The highest BCUT2D eigenvalue weighted by molar-refractivity contribution is 4.66. The SMILES string of the molecule is CCCCCCCCCCCCCCn1cc[n+](CCCCCCCCCCCCCC)c1.[Br-]. The summed E-state index contributed by atoms with van der Waals surface area (Å²) in [6, 6.07) is 0. The molecule has 0 aliphatic carbocycles. The van der Waals surface area contributed by atoms with E-state index in [0.717, 1.165) is 0 Å². The Hall–Kier alpha value is -0.310. The number of aryl methyl sites for hydroxylation is 2. The van der Waals surface area contributed by atoms with Crippen molar-refractivity contribution >= 4 is 0 Å². The molecule has 0 saturated carbocycles. The lowest BCUT2D eigenvalue weighted by atomic mass is 10.1. The Morgan fingerprint density at radius 3 is 1.24 bits per heavy atom. The zero-order valence-electron chi connectivity index (χ0n) is 23.4. The van der Waals surface area contributed by atoms with Crippen molar-refractivity contribution in [1.29, 1.82) is 0 Å². The zero-order valence-corrected chi connectivity index (χ0v) is 25.0. The normalized spacial score (nSPS) is 11.1. The van der Waals surface area contributed by atoms with Gasteiger partial charge in [-0.05, 0) is 25.7 Å². The molecular formula is C31H61BrN2. The van der Waals surface area contributed by atoms with Crippen molar-refractivity contribution in [3.63, 3.8) is 0 Å². The minimum absolute atomic E-state index is 0. The number of rotatable bonds is 26. The average molecular weight is 542 g/mol. The lowest BCUT2D eigenvalue weighted by molar-refractivity contribution is -0.696. The van der Waals surface area contributed by atoms with Crippen LogP contribution in [0.25, 0.3) is 0 Å². The molecule has 2 nitrogen and oxygen atoms in total. The topological polar surface area (TPSA) is 8.81 Å². The molecule has 1 rings (SSSR count). The molecule has 0 fully saturated rings. The van der Waals surface area contributed by atoms with Crippen LogP contribution >= 0.6 is 0 Å². The summed E-state index contributed by atoms with van der Waals surface area (Å²) >= 11 is 0. The quantitative estimate of drug-likeness (QED) is 0.0868. The first-order valence-corrected chi connectivity index (χ1v) is 15.4. The van der Waals surface area contributed by atoms with E-state index in [9.17, 15) is 0 Å². The van der Waals surface area contributed by atoms with E-state index in [1.165, 1.54) is 167 Å². The summed E-state index contributed by atoms with van der Waals surface area (Å²) in [5.41, 5.74) is 0. The Morgan fingerprint density at radius 1 is 0.471 bits per heavy atom. The fraction of sp³-hybridized carbons (Fsp3) is 0.903. The van der Waals surface area contributed by atoms with Crippen LogP contribution in [0.15, 0.2) is 18.7 Å². The monoisotopic (exact) mass is 540 g/mol. The van der Waals surface area contributed by atoms with Gasteiger partial charge >= 0.3 is 0 Å². The molecule has 0 aromatic carbocycles. The van der Waals surface area contributed by atoms with E-state index < -0.39 is 0 Å². The van der Waals surface area contributed by atoms with Crippen molar-refractivity contribution in [2.75, 3.05) is 0 Å². The van der Waals surface area contributed by atoms with E-state index in [0.29, 0.717) is 0 Å². The Bertz CT molecular complexity index is 457. The minimum Gasteiger partial charge on any atom is -1.00 e. The maximum absolute atomic E-state index is 2.40. The van der Waals surface area contributed by atoms with Gasteiger partial charge in [-0.25, -0.2) is 9.13 Å². The highest BCUT2D eigenvalue weighted by atomic mass is 79.9. The molecule has 0 saturated heterocycles. The summed E-state index contributed by atoms with van der Waals surface area (Å²) in [5.74, 6) is 0. The maximum atomic E-state index is 2.40. The summed E-state index contributed by atoms with van der Waals surface area (Å²) < 4.78 is 4.80. The van der Waals surface area contributed by atoms with Crippen LogP contribution in [0.5, 0.6) is 0 Å². The largest absolute Gasteiger partial charge is 1.00 e. The standard InChI is InChI=1S/C31H61N2.BrH/c1-3-5-7-9-11-13-15-17-19-21-23-25-27-32-29-30-33(31-32)28-26-24-22-20-18-16-14-12-10-8-6-4-2;/h29-31H,3-28H2,1-2H3;1H/q+1;/p-1. The number of hydrogen-bond donors (Lipinski definition) is 0. The van der Waals surface area contributed by atoms with E-state index in [4.69, 9.17) is 0 Å². The smallest absolute Gasteiger partial charge is 0.243 e. The van der Waals surface area contributed by atoms with Crippen molar-refractivity contribution in [1.82, 2.24) is 4.57 Å². The molecule has 1 aromatic rings. The Balaban J connectivity index is 0.0000109. The van der Waals surface area contributed by atoms with Crippen LogP contribution in [-0.4, -0.2) is 4.57 Å². The predicted octanol–water partition coefficient (Wildman–Crippen LogP) is 7.18. The van der Waals surface area contributed by atoms with Gasteiger partial charge in [0.1, 0.15) is 12.4 Å². The summed E-state index contributed by atoms with van der Waals surface area (Å²) in [7, 11) is 0. The fourth-order valence-corrected chi connectivity index (χ4v) is 4.97.